The summed E-state index contributed by atoms with van der Waals surface area (Å²) in [6.45, 7) is -0.151. The Morgan fingerprint density at radius 1 is 1.06 bits per heavy atom. The summed E-state index contributed by atoms with van der Waals surface area (Å²) in [6, 6.07) is 9.61. The number of imidazole rings is 1. The molecule has 4 aromatic rings. The van der Waals surface area contributed by atoms with Crippen LogP contribution in [0.4, 0.5) is 17.6 Å². The number of methoxy groups -OCH3 is 1. The summed E-state index contributed by atoms with van der Waals surface area (Å²) >= 11 is 3.41. The minimum absolute atomic E-state index is 0.140. The molecule has 1 aromatic carbocycles. The number of H-pyrrole nitrogens is 1. The second-order valence-electron chi connectivity index (χ2n) is 6.81. The monoisotopic (exact) mass is 522 g/mol. The van der Waals surface area contributed by atoms with Crippen LogP contribution in [0.1, 0.15) is 11.3 Å². The van der Waals surface area contributed by atoms with Gasteiger partial charge in [0, 0.05) is 29.6 Å². The predicted octanol–water partition coefficient (Wildman–Crippen LogP) is 6.04. The molecule has 4 rings (SSSR count). The van der Waals surface area contributed by atoms with Crippen LogP contribution in [0.25, 0.3) is 22.6 Å². The van der Waals surface area contributed by atoms with Crippen molar-refractivity contribution in [2.45, 2.75) is 12.8 Å². The van der Waals surface area contributed by atoms with E-state index >= 15 is 0 Å². The summed E-state index contributed by atoms with van der Waals surface area (Å²) in [5.74, 6) is 0.704. The molecule has 0 aliphatic heterocycles. The Bertz CT molecular complexity index is 1280. The SMILES string of the molecule is COc1cc(OCc2cc(C(F)(F)F)ccn2)ccc1-c1[nH]c(-c2ccc(F)nc2)nc1Br. The van der Waals surface area contributed by atoms with Crippen LogP contribution in [0.3, 0.4) is 0 Å². The van der Waals surface area contributed by atoms with Gasteiger partial charge >= 0.3 is 6.18 Å². The number of rotatable bonds is 6. The van der Waals surface area contributed by atoms with E-state index in [0.717, 1.165) is 18.3 Å². The first-order valence-electron chi connectivity index (χ1n) is 9.45. The van der Waals surface area contributed by atoms with Gasteiger partial charge in [0.05, 0.1) is 24.1 Å². The minimum Gasteiger partial charge on any atom is -0.496 e. The van der Waals surface area contributed by atoms with Gasteiger partial charge in [0.15, 0.2) is 0 Å². The number of aromatic nitrogens is 4. The number of hydrogen-bond donors (Lipinski definition) is 1. The van der Waals surface area contributed by atoms with E-state index in [1.54, 1.807) is 24.3 Å². The molecule has 170 valence electrons. The van der Waals surface area contributed by atoms with Gasteiger partial charge in [-0.25, -0.2) is 9.97 Å². The molecule has 0 aliphatic carbocycles. The van der Waals surface area contributed by atoms with E-state index in [9.17, 15) is 17.6 Å². The lowest BCUT2D eigenvalue weighted by Crippen LogP contribution is -2.07. The highest BCUT2D eigenvalue weighted by Gasteiger charge is 2.30. The third kappa shape index (κ3) is 5.14. The number of halogens is 5. The Kier molecular flexibility index (Phi) is 6.32. The zero-order chi connectivity index (χ0) is 23.6. The van der Waals surface area contributed by atoms with E-state index in [-0.39, 0.29) is 12.3 Å². The van der Waals surface area contributed by atoms with Gasteiger partial charge in [-0.2, -0.15) is 17.6 Å². The summed E-state index contributed by atoms with van der Waals surface area (Å²) in [5, 5.41) is 0. The molecule has 0 aliphatic rings. The maximum atomic E-state index is 13.1. The number of hydrogen-bond acceptors (Lipinski definition) is 5. The summed E-state index contributed by atoms with van der Waals surface area (Å²) < 4.78 is 63.3. The lowest BCUT2D eigenvalue weighted by molar-refractivity contribution is -0.137. The van der Waals surface area contributed by atoms with E-state index in [1.165, 1.54) is 19.4 Å². The molecule has 0 bridgehead atoms. The van der Waals surface area contributed by atoms with Crippen LogP contribution in [0.15, 0.2) is 59.5 Å². The highest BCUT2D eigenvalue weighted by atomic mass is 79.9. The number of benzene rings is 1. The quantitative estimate of drug-likeness (QED) is 0.247. The average Bonchev–Trinajstić information content (AvgIpc) is 3.19. The average molecular weight is 523 g/mol. The maximum Gasteiger partial charge on any atom is 0.416 e. The van der Waals surface area contributed by atoms with Crippen LogP contribution in [-0.2, 0) is 12.8 Å². The van der Waals surface area contributed by atoms with Crippen LogP contribution < -0.4 is 9.47 Å². The molecule has 0 amide bonds. The molecular formula is C22H15BrF4N4O2. The molecule has 0 atom stereocenters. The predicted molar refractivity (Wildman–Crippen MR) is 115 cm³/mol. The van der Waals surface area contributed by atoms with Crippen LogP contribution in [-0.4, -0.2) is 27.0 Å². The number of pyridine rings is 2. The molecule has 0 spiro atoms. The first-order chi connectivity index (χ1) is 15.7. The first kappa shape index (κ1) is 22.7. The number of alkyl halides is 3. The van der Waals surface area contributed by atoms with Crippen molar-refractivity contribution in [2.24, 2.45) is 0 Å². The molecule has 11 heteroatoms. The van der Waals surface area contributed by atoms with E-state index in [2.05, 4.69) is 35.9 Å². The number of ether oxygens (including phenoxy) is 2. The highest BCUT2D eigenvalue weighted by Crippen LogP contribution is 2.37. The van der Waals surface area contributed by atoms with Gasteiger partial charge in [0.2, 0.25) is 5.95 Å². The van der Waals surface area contributed by atoms with Gasteiger partial charge < -0.3 is 14.5 Å². The van der Waals surface area contributed by atoms with Gasteiger partial charge in [-0.05, 0) is 52.3 Å². The van der Waals surface area contributed by atoms with Gasteiger partial charge in [-0.1, -0.05) is 0 Å². The first-order valence-corrected chi connectivity index (χ1v) is 10.2. The summed E-state index contributed by atoms with van der Waals surface area (Å²) in [7, 11) is 1.48. The number of aromatic amines is 1. The molecule has 0 saturated carbocycles. The third-order valence-corrected chi connectivity index (χ3v) is 5.21. The Labute approximate surface area is 193 Å². The van der Waals surface area contributed by atoms with Gasteiger partial charge in [-0.3, -0.25) is 4.98 Å². The Hall–Kier alpha value is -3.47. The maximum absolute atomic E-state index is 13.1. The lowest BCUT2D eigenvalue weighted by Gasteiger charge is -2.12. The van der Waals surface area contributed by atoms with Crippen molar-refractivity contribution in [3.05, 3.63) is 76.7 Å². The topological polar surface area (TPSA) is 72.9 Å². The van der Waals surface area contributed by atoms with Crippen molar-refractivity contribution in [1.29, 1.82) is 0 Å². The second-order valence-corrected chi connectivity index (χ2v) is 7.56. The van der Waals surface area contributed by atoms with Crippen molar-refractivity contribution >= 4 is 15.9 Å². The van der Waals surface area contributed by atoms with E-state index in [1.807, 2.05) is 0 Å². The fraction of sp³-hybridized carbons (Fsp3) is 0.136. The standard InChI is InChI=1S/C22H15BrF4N4O2/c1-32-17-9-15(33-11-14-8-13(6-7-28-14)22(25,26)27)3-4-16(17)19-20(23)31-21(30-19)12-2-5-18(24)29-10-12/h2-10H,11H2,1H3,(H,30,31). The van der Waals surface area contributed by atoms with Gasteiger partial charge in [0.25, 0.3) is 0 Å². The third-order valence-electron chi connectivity index (χ3n) is 4.63. The molecule has 0 unspecified atom stereocenters. The fourth-order valence-corrected chi connectivity index (χ4v) is 3.53. The molecule has 33 heavy (non-hydrogen) atoms. The van der Waals surface area contributed by atoms with Crippen LogP contribution in [0, 0.1) is 5.95 Å². The highest BCUT2D eigenvalue weighted by molar-refractivity contribution is 9.10. The Balaban J connectivity index is 1.56. The number of nitrogens with zero attached hydrogens (tertiary/aromatic N) is 3. The van der Waals surface area contributed by atoms with E-state index in [0.29, 0.717) is 38.7 Å². The zero-order valence-electron chi connectivity index (χ0n) is 17.0. The molecule has 3 heterocycles. The van der Waals surface area contributed by atoms with Gasteiger partial charge in [0.1, 0.15) is 28.5 Å². The molecule has 0 fully saturated rings. The second kappa shape index (κ2) is 9.18. The van der Waals surface area contributed by atoms with Crippen molar-refractivity contribution < 1.29 is 27.0 Å². The Morgan fingerprint density at radius 2 is 1.88 bits per heavy atom. The largest absolute Gasteiger partial charge is 0.496 e. The number of nitrogens with one attached hydrogen (secondary N) is 1. The van der Waals surface area contributed by atoms with Crippen molar-refractivity contribution in [2.75, 3.05) is 7.11 Å². The van der Waals surface area contributed by atoms with Crippen LogP contribution >= 0.6 is 15.9 Å². The van der Waals surface area contributed by atoms with Crippen LogP contribution in [0.2, 0.25) is 0 Å². The summed E-state index contributed by atoms with van der Waals surface area (Å²) in [6.07, 6.45) is -2.00. The summed E-state index contributed by atoms with van der Waals surface area (Å²) in [5.41, 5.74) is 1.21. The molecule has 0 radical (unpaired) electrons. The fourth-order valence-electron chi connectivity index (χ4n) is 3.04. The smallest absolute Gasteiger partial charge is 0.416 e. The zero-order valence-corrected chi connectivity index (χ0v) is 18.5. The van der Waals surface area contributed by atoms with Crippen LogP contribution in [0.5, 0.6) is 11.5 Å². The summed E-state index contributed by atoms with van der Waals surface area (Å²) in [4.78, 5) is 15.1. The minimum atomic E-state index is -4.46. The van der Waals surface area contributed by atoms with Crippen molar-refractivity contribution in [1.82, 2.24) is 19.9 Å². The normalized spacial score (nSPS) is 11.5. The molecule has 1 N–H and O–H groups in total. The molecule has 0 saturated heterocycles. The van der Waals surface area contributed by atoms with Crippen molar-refractivity contribution in [3.63, 3.8) is 0 Å². The lowest BCUT2D eigenvalue weighted by atomic mass is 10.1. The molecule has 3 aromatic heterocycles. The van der Waals surface area contributed by atoms with Crippen molar-refractivity contribution in [3.8, 4) is 34.1 Å². The Morgan fingerprint density at radius 3 is 2.58 bits per heavy atom. The molecule has 6 nitrogen and oxygen atoms in total. The van der Waals surface area contributed by atoms with E-state index in [4.69, 9.17) is 9.47 Å². The van der Waals surface area contributed by atoms with E-state index < -0.39 is 17.7 Å². The van der Waals surface area contributed by atoms with Gasteiger partial charge in [-0.15, -0.1) is 0 Å². The molecular weight excluding hydrogens is 508 g/mol.